The fraction of sp³-hybridized carbons (Fsp3) is 0.294. The van der Waals surface area contributed by atoms with Gasteiger partial charge in [-0.15, -0.1) is 11.3 Å². The zero-order valence-corrected chi connectivity index (χ0v) is 12.8. The third kappa shape index (κ3) is 5.31. The summed E-state index contributed by atoms with van der Waals surface area (Å²) in [5.74, 6) is 5.76. The lowest BCUT2D eigenvalue weighted by Gasteiger charge is -2.15. The number of aliphatic hydroxyl groups is 1. The van der Waals surface area contributed by atoms with Crippen LogP contribution in [0.1, 0.15) is 21.7 Å². The molecule has 1 N–H and O–H groups in total. The molecule has 0 radical (unpaired) electrons. The predicted molar refractivity (Wildman–Crippen MR) is 84.5 cm³/mol. The van der Waals surface area contributed by atoms with Crippen molar-refractivity contribution in [2.45, 2.75) is 19.5 Å². The molecule has 0 aliphatic rings. The van der Waals surface area contributed by atoms with E-state index in [1.807, 2.05) is 19.2 Å². The van der Waals surface area contributed by atoms with Gasteiger partial charge in [-0.2, -0.15) is 0 Å². The standard InChI is InChI=1S/C17H18FNOS/c1-19(12-14-5-4-6-15(18)11-14)13-17-9-8-16(21-17)7-2-3-10-20/h4-6,8-9,11,20H,3,10,12-13H2,1H3. The van der Waals surface area contributed by atoms with E-state index >= 15 is 0 Å². The van der Waals surface area contributed by atoms with Gasteiger partial charge in [-0.25, -0.2) is 4.39 Å². The third-order valence-corrected chi connectivity index (χ3v) is 3.86. The van der Waals surface area contributed by atoms with Gasteiger partial charge in [-0.1, -0.05) is 24.0 Å². The summed E-state index contributed by atoms with van der Waals surface area (Å²) in [4.78, 5) is 4.38. The first-order chi connectivity index (χ1) is 10.2. The van der Waals surface area contributed by atoms with Gasteiger partial charge in [-0.05, 0) is 36.9 Å². The summed E-state index contributed by atoms with van der Waals surface area (Å²) in [6.07, 6.45) is 0.507. The van der Waals surface area contributed by atoms with E-state index in [4.69, 9.17) is 5.11 Å². The quantitative estimate of drug-likeness (QED) is 0.857. The molecule has 4 heteroatoms. The average Bonchev–Trinajstić information content (AvgIpc) is 2.86. The van der Waals surface area contributed by atoms with Gasteiger partial charge in [0.2, 0.25) is 0 Å². The van der Waals surface area contributed by atoms with Crippen molar-refractivity contribution in [2.75, 3.05) is 13.7 Å². The van der Waals surface area contributed by atoms with Crippen LogP contribution < -0.4 is 0 Å². The van der Waals surface area contributed by atoms with E-state index in [0.717, 1.165) is 17.0 Å². The summed E-state index contributed by atoms with van der Waals surface area (Å²) in [5.41, 5.74) is 0.969. The van der Waals surface area contributed by atoms with E-state index in [2.05, 4.69) is 22.8 Å². The number of halogens is 1. The monoisotopic (exact) mass is 303 g/mol. The number of hydrogen-bond acceptors (Lipinski definition) is 3. The Hall–Kier alpha value is -1.67. The van der Waals surface area contributed by atoms with Crippen molar-refractivity contribution in [3.8, 4) is 11.8 Å². The Kier molecular flexibility index (Phi) is 5.94. The Labute approximate surface area is 128 Å². The summed E-state index contributed by atoms with van der Waals surface area (Å²) >= 11 is 1.65. The van der Waals surface area contributed by atoms with Gasteiger partial charge in [0.1, 0.15) is 5.82 Å². The lowest BCUT2D eigenvalue weighted by Crippen LogP contribution is -2.16. The molecule has 0 aliphatic carbocycles. The highest BCUT2D eigenvalue weighted by atomic mass is 32.1. The topological polar surface area (TPSA) is 23.5 Å². The highest BCUT2D eigenvalue weighted by Gasteiger charge is 2.05. The maximum Gasteiger partial charge on any atom is 0.123 e. The molecule has 2 nitrogen and oxygen atoms in total. The lowest BCUT2D eigenvalue weighted by atomic mass is 10.2. The zero-order chi connectivity index (χ0) is 15.1. The summed E-state index contributed by atoms with van der Waals surface area (Å²) in [5, 5.41) is 8.70. The normalized spacial score (nSPS) is 10.5. The SMILES string of the molecule is CN(Cc1cccc(F)c1)Cc1ccc(C#CCCO)s1. The van der Waals surface area contributed by atoms with E-state index in [-0.39, 0.29) is 12.4 Å². The molecular formula is C17H18FNOS. The Morgan fingerprint density at radius 2 is 2.10 bits per heavy atom. The fourth-order valence-electron chi connectivity index (χ4n) is 2.00. The van der Waals surface area contributed by atoms with E-state index < -0.39 is 0 Å². The average molecular weight is 303 g/mol. The Morgan fingerprint density at radius 3 is 2.86 bits per heavy atom. The molecule has 0 unspecified atom stereocenters. The Balaban J connectivity index is 1.91. The lowest BCUT2D eigenvalue weighted by molar-refractivity contribution is 0.305. The van der Waals surface area contributed by atoms with Crippen LogP contribution in [0.15, 0.2) is 36.4 Å². The first kappa shape index (κ1) is 15.7. The van der Waals surface area contributed by atoms with Gasteiger partial charge in [0.05, 0.1) is 11.5 Å². The van der Waals surface area contributed by atoms with Crippen LogP contribution in [0.25, 0.3) is 0 Å². The van der Waals surface area contributed by atoms with Crippen LogP contribution in [0.5, 0.6) is 0 Å². The van der Waals surface area contributed by atoms with Gasteiger partial charge < -0.3 is 5.11 Å². The molecule has 0 spiro atoms. The van der Waals surface area contributed by atoms with E-state index in [9.17, 15) is 4.39 Å². The summed E-state index contributed by atoms with van der Waals surface area (Å²) in [7, 11) is 2.02. The number of rotatable bonds is 5. The van der Waals surface area contributed by atoms with Crippen molar-refractivity contribution in [3.05, 3.63) is 57.5 Å². The van der Waals surface area contributed by atoms with Crippen molar-refractivity contribution >= 4 is 11.3 Å². The molecule has 2 rings (SSSR count). The van der Waals surface area contributed by atoms with Crippen molar-refractivity contribution in [3.63, 3.8) is 0 Å². The number of thiophene rings is 1. The smallest absolute Gasteiger partial charge is 0.123 e. The highest BCUT2D eigenvalue weighted by molar-refractivity contribution is 7.12. The van der Waals surface area contributed by atoms with Crippen LogP contribution >= 0.6 is 11.3 Å². The number of hydrogen-bond donors (Lipinski definition) is 1. The maximum absolute atomic E-state index is 13.1. The van der Waals surface area contributed by atoms with E-state index in [1.54, 1.807) is 23.5 Å². The molecule has 0 bridgehead atoms. The summed E-state index contributed by atoms with van der Waals surface area (Å²) in [6.45, 7) is 1.62. The van der Waals surface area contributed by atoms with Crippen LogP contribution in [0.2, 0.25) is 0 Å². The maximum atomic E-state index is 13.1. The predicted octanol–water partition coefficient (Wildman–Crippen LogP) is 3.25. The molecule has 0 atom stereocenters. The second-order valence-electron chi connectivity index (χ2n) is 4.84. The van der Waals surface area contributed by atoms with Crippen molar-refractivity contribution in [2.24, 2.45) is 0 Å². The van der Waals surface area contributed by atoms with E-state index in [1.165, 1.54) is 10.9 Å². The highest BCUT2D eigenvalue weighted by Crippen LogP contribution is 2.18. The molecule has 1 heterocycles. The Bertz CT molecular complexity index is 641. The molecule has 0 amide bonds. The first-order valence-electron chi connectivity index (χ1n) is 6.79. The minimum Gasteiger partial charge on any atom is -0.395 e. The van der Waals surface area contributed by atoms with Gasteiger partial charge in [-0.3, -0.25) is 4.90 Å². The van der Waals surface area contributed by atoms with Crippen LogP contribution in [0.3, 0.4) is 0 Å². The molecule has 1 aromatic heterocycles. The first-order valence-corrected chi connectivity index (χ1v) is 7.60. The molecule has 1 aromatic carbocycles. The number of aliphatic hydroxyl groups excluding tert-OH is 1. The molecule has 2 aromatic rings. The second-order valence-corrected chi connectivity index (χ2v) is 6.01. The van der Waals surface area contributed by atoms with Crippen molar-refractivity contribution in [1.82, 2.24) is 4.90 Å². The number of nitrogens with zero attached hydrogens (tertiary/aromatic N) is 1. The van der Waals surface area contributed by atoms with Crippen LogP contribution in [-0.2, 0) is 13.1 Å². The molecule has 0 aliphatic heterocycles. The minimum atomic E-state index is -0.196. The van der Waals surface area contributed by atoms with Gasteiger partial charge in [0, 0.05) is 24.4 Å². The van der Waals surface area contributed by atoms with Crippen molar-refractivity contribution < 1.29 is 9.50 Å². The summed E-state index contributed by atoms with van der Waals surface area (Å²) < 4.78 is 13.1. The molecule has 0 saturated carbocycles. The second kappa shape index (κ2) is 7.94. The molecule has 0 saturated heterocycles. The van der Waals surface area contributed by atoms with Crippen LogP contribution in [0.4, 0.5) is 4.39 Å². The van der Waals surface area contributed by atoms with Gasteiger partial charge >= 0.3 is 0 Å². The van der Waals surface area contributed by atoms with E-state index in [0.29, 0.717) is 13.0 Å². The van der Waals surface area contributed by atoms with Gasteiger partial charge in [0.15, 0.2) is 0 Å². The van der Waals surface area contributed by atoms with Crippen LogP contribution in [-0.4, -0.2) is 23.7 Å². The van der Waals surface area contributed by atoms with Crippen molar-refractivity contribution in [1.29, 1.82) is 0 Å². The largest absolute Gasteiger partial charge is 0.395 e. The van der Waals surface area contributed by atoms with Gasteiger partial charge in [0.25, 0.3) is 0 Å². The zero-order valence-electron chi connectivity index (χ0n) is 12.0. The minimum absolute atomic E-state index is 0.0988. The van der Waals surface area contributed by atoms with Crippen LogP contribution in [0, 0.1) is 17.7 Å². The molecule has 0 fully saturated rings. The number of benzene rings is 1. The Morgan fingerprint density at radius 1 is 1.24 bits per heavy atom. The molecular weight excluding hydrogens is 285 g/mol. The fourth-order valence-corrected chi connectivity index (χ4v) is 2.97. The molecule has 110 valence electrons. The third-order valence-electron chi connectivity index (χ3n) is 2.88. The molecule has 21 heavy (non-hydrogen) atoms. The summed E-state index contributed by atoms with van der Waals surface area (Å²) in [6, 6.07) is 10.8.